The van der Waals surface area contributed by atoms with E-state index in [9.17, 15) is 9.59 Å². The van der Waals surface area contributed by atoms with Crippen molar-refractivity contribution in [2.24, 2.45) is 0 Å². The van der Waals surface area contributed by atoms with Gasteiger partial charge in [0.05, 0.1) is 14.2 Å². The zero-order valence-corrected chi connectivity index (χ0v) is 12.1. The van der Waals surface area contributed by atoms with E-state index in [2.05, 4.69) is 10.6 Å². The van der Waals surface area contributed by atoms with E-state index in [-0.39, 0.29) is 19.0 Å². The highest BCUT2D eigenvalue weighted by Gasteiger charge is 2.10. The van der Waals surface area contributed by atoms with Crippen LogP contribution in [-0.4, -0.2) is 37.9 Å². The lowest BCUT2D eigenvalue weighted by atomic mass is 10.2. The standard InChI is InChI=1S/C14H20N2O5/c1-20-11-6-3-5-10(13(11)21-2)9-16-14(19)15-8-4-7-12(17)18/h3,5-6H,4,7-9H2,1-2H3,(H,17,18)(H2,15,16,19). The predicted molar refractivity (Wildman–Crippen MR) is 76.7 cm³/mol. The second-order valence-corrected chi connectivity index (χ2v) is 4.26. The molecular formula is C14H20N2O5. The van der Waals surface area contributed by atoms with Gasteiger partial charge < -0.3 is 25.2 Å². The molecule has 0 saturated heterocycles. The summed E-state index contributed by atoms with van der Waals surface area (Å²) in [6.07, 6.45) is 0.426. The molecule has 0 aliphatic carbocycles. The van der Waals surface area contributed by atoms with Crippen LogP contribution in [0.3, 0.4) is 0 Å². The zero-order chi connectivity index (χ0) is 15.7. The number of aliphatic carboxylic acids is 1. The van der Waals surface area contributed by atoms with Crippen LogP contribution in [0.5, 0.6) is 11.5 Å². The molecule has 0 fully saturated rings. The Balaban J connectivity index is 2.44. The minimum Gasteiger partial charge on any atom is -0.493 e. The maximum absolute atomic E-state index is 11.6. The van der Waals surface area contributed by atoms with Crippen LogP contribution in [0.1, 0.15) is 18.4 Å². The summed E-state index contributed by atoms with van der Waals surface area (Å²) in [4.78, 5) is 21.9. The van der Waals surface area contributed by atoms with Gasteiger partial charge in [-0.05, 0) is 12.5 Å². The first kappa shape index (κ1) is 16.6. The third kappa shape index (κ3) is 5.60. The average molecular weight is 296 g/mol. The summed E-state index contributed by atoms with van der Waals surface area (Å²) < 4.78 is 10.4. The van der Waals surface area contributed by atoms with E-state index in [4.69, 9.17) is 14.6 Å². The highest BCUT2D eigenvalue weighted by molar-refractivity contribution is 5.74. The first-order valence-corrected chi connectivity index (χ1v) is 6.51. The second kappa shape index (κ2) is 8.68. The maximum Gasteiger partial charge on any atom is 0.315 e. The van der Waals surface area contributed by atoms with Gasteiger partial charge in [-0.3, -0.25) is 4.79 Å². The SMILES string of the molecule is COc1cccc(CNC(=O)NCCCC(=O)O)c1OC. The Labute approximate surface area is 123 Å². The number of benzene rings is 1. The molecule has 0 radical (unpaired) electrons. The third-order valence-electron chi connectivity index (χ3n) is 2.78. The summed E-state index contributed by atoms with van der Waals surface area (Å²) in [7, 11) is 3.08. The molecule has 116 valence electrons. The predicted octanol–water partition coefficient (Wildman–Crippen LogP) is 1.37. The van der Waals surface area contributed by atoms with Crippen molar-refractivity contribution in [1.29, 1.82) is 0 Å². The fourth-order valence-corrected chi connectivity index (χ4v) is 1.77. The number of rotatable bonds is 8. The molecule has 21 heavy (non-hydrogen) atoms. The first-order valence-electron chi connectivity index (χ1n) is 6.51. The van der Waals surface area contributed by atoms with E-state index in [1.807, 2.05) is 12.1 Å². The lowest BCUT2D eigenvalue weighted by Gasteiger charge is -2.13. The highest BCUT2D eigenvalue weighted by atomic mass is 16.5. The van der Waals surface area contributed by atoms with Gasteiger partial charge in [0.25, 0.3) is 0 Å². The van der Waals surface area contributed by atoms with E-state index in [1.54, 1.807) is 13.2 Å². The van der Waals surface area contributed by atoms with Crippen LogP contribution in [0, 0.1) is 0 Å². The van der Waals surface area contributed by atoms with Crippen molar-refractivity contribution < 1.29 is 24.2 Å². The molecule has 0 heterocycles. The minimum absolute atomic E-state index is 0.0317. The number of para-hydroxylation sites is 1. The number of methoxy groups -OCH3 is 2. The monoisotopic (exact) mass is 296 g/mol. The molecule has 0 aromatic heterocycles. The van der Waals surface area contributed by atoms with Crippen molar-refractivity contribution in [3.8, 4) is 11.5 Å². The summed E-state index contributed by atoms with van der Waals surface area (Å²) >= 11 is 0. The van der Waals surface area contributed by atoms with Gasteiger partial charge in [0.15, 0.2) is 11.5 Å². The number of hydrogen-bond donors (Lipinski definition) is 3. The first-order chi connectivity index (χ1) is 10.1. The lowest BCUT2D eigenvalue weighted by Crippen LogP contribution is -2.35. The van der Waals surface area contributed by atoms with Gasteiger partial charge in [-0.2, -0.15) is 0 Å². The quantitative estimate of drug-likeness (QED) is 0.629. The fourth-order valence-electron chi connectivity index (χ4n) is 1.77. The smallest absolute Gasteiger partial charge is 0.315 e. The molecule has 0 atom stereocenters. The summed E-state index contributed by atoms with van der Waals surface area (Å²) in [6.45, 7) is 0.596. The highest BCUT2D eigenvalue weighted by Crippen LogP contribution is 2.30. The van der Waals surface area contributed by atoms with E-state index < -0.39 is 5.97 Å². The Morgan fingerprint density at radius 1 is 1.19 bits per heavy atom. The Bertz CT molecular complexity index is 490. The molecule has 0 aliphatic heterocycles. The molecule has 7 nitrogen and oxygen atoms in total. The lowest BCUT2D eigenvalue weighted by molar-refractivity contribution is -0.137. The number of nitrogens with one attached hydrogen (secondary N) is 2. The molecule has 2 amide bonds. The molecule has 0 aliphatic rings. The molecule has 1 rings (SSSR count). The number of amides is 2. The summed E-state index contributed by atoms with van der Waals surface area (Å²) in [5.74, 6) is 0.295. The van der Waals surface area contributed by atoms with Crippen molar-refractivity contribution in [3.63, 3.8) is 0 Å². The second-order valence-electron chi connectivity index (χ2n) is 4.26. The number of carboxylic acid groups (broad SMARTS) is 1. The Kier molecular flexibility index (Phi) is 6.86. The third-order valence-corrected chi connectivity index (χ3v) is 2.78. The van der Waals surface area contributed by atoms with E-state index in [0.717, 1.165) is 5.56 Å². The fraction of sp³-hybridized carbons (Fsp3) is 0.429. The van der Waals surface area contributed by atoms with E-state index in [1.165, 1.54) is 7.11 Å². The summed E-state index contributed by atoms with van der Waals surface area (Å²) in [6, 6.07) is 5.05. The van der Waals surface area contributed by atoms with Gasteiger partial charge >= 0.3 is 12.0 Å². The van der Waals surface area contributed by atoms with Gasteiger partial charge in [0, 0.05) is 25.1 Å². The van der Waals surface area contributed by atoms with Crippen LogP contribution in [0.25, 0.3) is 0 Å². The molecular weight excluding hydrogens is 276 g/mol. The summed E-state index contributed by atoms with van der Waals surface area (Å²) in [5.41, 5.74) is 0.789. The van der Waals surface area contributed by atoms with Gasteiger partial charge in [-0.25, -0.2) is 4.79 Å². The van der Waals surface area contributed by atoms with E-state index >= 15 is 0 Å². The van der Waals surface area contributed by atoms with Crippen molar-refractivity contribution in [1.82, 2.24) is 10.6 Å². The molecule has 0 spiro atoms. The van der Waals surface area contributed by atoms with Gasteiger partial charge in [-0.1, -0.05) is 12.1 Å². The number of carbonyl (C=O) groups is 2. The van der Waals surface area contributed by atoms with Crippen molar-refractivity contribution in [3.05, 3.63) is 23.8 Å². The number of hydrogen-bond acceptors (Lipinski definition) is 4. The van der Waals surface area contributed by atoms with Crippen molar-refractivity contribution in [2.45, 2.75) is 19.4 Å². The normalized spacial score (nSPS) is 9.81. The Morgan fingerprint density at radius 2 is 1.95 bits per heavy atom. The molecule has 0 unspecified atom stereocenters. The number of carbonyl (C=O) groups excluding carboxylic acids is 1. The largest absolute Gasteiger partial charge is 0.493 e. The van der Waals surface area contributed by atoms with Crippen LogP contribution in [-0.2, 0) is 11.3 Å². The number of urea groups is 1. The van der Waals surface area contributed by atoms with Crippen molar-refractivity contribution in [2.75, 3.05) is 20.8 Å². The maximum atomic E-state index is 11.6. The van der Waals surface area contributed by atoms with Crippen molar-refractivity contribution >= 4 is 12.0 Å². The van der Waals surface area contributed by atoms with Crippen LogP contribution in [0.15, 0.2) is 18.2 Å². The van der Waals surface area contributed by atoms with Gasteiger partial charge in [0.1, 0.15) is 0 Å². The molecule has 1 aromatic carbocycles. The number of ether oxygens (including phenoxy) is 2. The van der Waals surface area contributed by atoms with Crippen LogP contribution in [0.4, 0.5) is 4.79 Å². The minimum atomic E-state index is -0.877. The van der Waals surface area contributed by atoms with Crippen LogP contribution < -0.4 is 20.1 Å². The average Bonchev–Trinajstić information content (AvgIpc) is 2.48. The zero-order valence-electron chi connectivity index (χ0n) is 12.1. The molecule has 1 aromatic rings. The molecule has 7 heteroatoms. The molecule has 0 bridgehead atoms. The Morgan fingerprint density at radius 3 is 2.57 bits per heavy atom. The summed E-state index contributed by atoms with van der Waals surface area (Å²) in [5, 5.41) is 13.8. The molecule has 0 saturated carbocycles. The van der Waals surface area contributed by atoms with E-state index in [0.29, 0.717) is 24.5 Å². The van der Waals surface area contributed by atoms with Crippen LogP contribution in [0.2, 0.25) is 0 Å². The molecule has 3 N–H and O–H groups in total. The van der Waals surface area contributed by atoms with Gasteiger partial charge in [-0.15, -0.1) is 0 Å². The van der Waals surface area contributed by atoms with Crippen LogP contribution >= 0.6 is 0 Å². The number of carboxylic acids is 1. The van der Waals surface area contributed by atoms with Gasteiger partial charge in [0.2, 0.25) is 0 Å². The Hall–Kier alpha value is -2.44. The topological polar surface area (TPSA) is 96.9 Å².